The quantitative estimate of drug-likeness (QED) is 0.274. The zero-order valence-electron chi connectivity index (χ0n) is 10.2. The van der Waals surface area contributed by atoms with Gasteiger partial charge in [-0.05, 0) is 30.7 Å². The summed E-state index contributed by atoms with van der Waals surface area (Å²) < 4.78 is 4.75. The molecule has 0 aliphatic heterocycles. The number of carbonyl (C=O) groups is 2. The molecule has 7 heteroatoms. The summed E-state index contributed by atoms with van der Waals surface area (Å²) in [6.45, 7) is 1.82. The topological polar surface area (TPSA) is 98.5 Å². The van der Waals surface area contributed by atoms with Gasteiger partial charge in [0, 0.05) is 12.1 Å². The monoisotopic (exact) mass is 264 g/mol. The number of benzene rings is 1. The number of ether oxygens (including phenoxy) is 1. The lowest BCUT2D eigenvalue weighted by molar-refractivity contribution is -0.384. The number of carbonyl (C=O) groups excluding carboxylic acids is 2. The fourth-order valence-corrected chi connectivity index (χ4v) is 1.29. The second-order valence-corrected chi connectivity index (χ2v) is 3.39. The fraction of sp³-hybridized carbons (Fsp3) is 0.167. The molecule has 0 bridgehead atoms. The number of esters is 1. The molecule has 0 radical (unpaired) electrons. The van der Waals surface area contributed by atoms with E-state index >= 15 is 0 Å². The number of hydrogen-bond acceptors (Lipinski definition) is 5. The molecule has 1 aromatic carbocycles. The van der Waals surface area contributed by atoms with Gasteiger partial charge in [0.15, 0.2) is 0 Å². The first kappa shape index (κ1) is 14.4. The van der Waals surface area contributed by atoms with Gasteiger partial charge < -0.3 is 10.1 Å². The first-order valence-electron chi connectivity index (χ1n) is 5.42. The van der Waals surface area contributed by atoms with Gasteiger partial charge in [0.1, 0.15) is 5.70 Å². The van der Waals surface area contributed by atoms with Crippen molar-refractivity contribution in [3.05, 3.63) is 45.6 Å². The van der Waals surface area contributed by atoms with Crippen LogP contribution in [0.25, 0.3) is 6.08 Å². The van der Waals surface area contributed by atoms with Gasteiger partial charge in [-0.25, -0.2) is 4.79 Å². The van der Waals surface area contributed by atoms with Crippen molar-refractivity contribution < 1.29 is 19.2 Å². The van der Waals surface area contributed by atoms with Crippen LogP contribution in [0.3, 0.4) is 0 Å². The van der Waals surface area contributed by atoms with Crippen LogP contribution in [0.5, 0.6) is 0 Å². The average molecular weight is 264 g/mol. The number of amides is 1. The molecule has 0 atom stereocenters. The van der Waals surface area contributed by atoms with Gasteiger partial charge in [-0.1, -0.05) is 0 Å². The third-order valence-electron chi connectivity index (χ3n) is 2.12. The number of non-ortho nitro benzene ring substituents is 1. The van der Waals surface area contributed by atoms with Gasteiger partial charge in [-0.2, -0.15) is 0 Å². The van der Waals surface area contributed by atoms with E-state index in [0.717, 1.165) is 0 Å². The van der Waals surface area contributed by atoms with Gasteiger partial charge >= 0.3 is 5.97 Å². The van der Waals surface area contributed by atoms with Crippen molar-refractivity contribution in [3.8, 4) is 0 Å². The van der Waals surface area contributed by atoms with Crippen LogP contribution in [0.4, 0.5) is 5.69 Å². The van der Waals surface area contributed by atoms with E-state index in [4.69, 9.17) is 4.74 Å². The fourth-order valence-electron chi connectivity index (χ4n) is 1.29. The summed E-state index contributed by atoms with van der Waals surface area (Å²) in [5.41, 5.74) is 0.437. The maximum Gasteiger partial charge on any atom is 0.354 e. The number of nitro groups is 1. The molecule has 1 rings (SSSR count). The Kier molecular flexibility index (Phi) is 5.21. The molecule has 0 spiro atoms. The lowest BCUT2D eigenvalue weighted by Gasteiger charge is -2.05. The summed E-state index contributed by atoms with van der Waals surface area (Å²) in [5, 5.41) is 12.7. The van der Waals surface area contributed by atoms with Crippen molar-refractivity contribution in [1.29, 1.82) is 0 Å². The van der Waals surface area contributed by atoms with Gasteiger partial charge in [0.2, 0.25) is 6.41 Å². The van der Waals surface area contributed by atoms with E-state index in [1.165, 1.54) is 30.3 Å². The third kappa shape index (κ3) is 4.23. The van der Waals surface area contributed by atoms with E-state index < -0.39 is 10.9 Å². The van der Waals surface area contributed by atoms with Crippen LogP contribution in [0.1, 0.15) is 12.5 Å². The molecule has 0 unspecified atom stereocenters. The molecule has 0 heterocycles. The number of rotatable bonds is 6. The molecule has 19 heavy (non-hydrogen) atoms. The number of nitrogens with one attached hydrogen (secondary N) is 1. The highest BCUT2D eigenvalue weighted by Gasteiger charge is 2.10. The summed E-state index contributed by atoms with van der Waals surface area (Å²) >= 11 is 0. The second-order valence-electron chi connectivity index (χ2n) is 3.39. The van der Waals surface area contributed by atoms with Crippen molar-refractivity contribution in [3.63, 3.8) is 0 Å². The maximum atomic E-state index is 11.5. The zero-order valence-corrected chi connectivity index (χ0v) is 10.2. The molecular formula is C12H12N2O5. The second kappa shape index (κ2) is 6.90. The normalized spacial score (nSPS) is 10.7. The average Bonchev–Trinajstić information content (AvgIpc) is 2.39. The number of hydrogen-bond donors (Lipinski definition) is 1. The van der Waals surface area contributed by atoms with Crippen molar-refractivity contribution >= 4 is 24.1 Å². The predicted molar refractivity (Wildman–Crippen MR) is 66.9 cm³/mol. The standard InChI is InChI=1S/C12H12N2O5/c1-2-19-12(16)11(13-8-15)7-9-3-5-10(6-4-9)14(17)18/h3-8H,2H2,1H3,(H,13,15)/b11-7-. The van der Waals surface area contributed by atoms with Crippen LogP contribution in [0.15, 0.2) is 30.0 Å². The summed E-state index contributed by atoms with van der Waals surface area (Å²) in [6.07, 6.45) is 1.73. The summed E-state index contributed by atoms with van der Waals surface area (Å²) in [4.78, 5) is 31.9. The molecule has 0 aliphatic carbocycles. The molecule has 100 valence electrons. The minimum absolute atomic E-state index is 0.0364. The molecule has 0 saturated heterocycles. The van der Waals surface area contributed by atoms with E-state index in [2.05, 4.69) is 5.32 Å². The van der Waals surface area contributed by atoms with Crippen LogP contribution in [0.2, 0.25) is 0 Å². The lowest BCUT2D eigenvalue weighted by Crippen LogP contribution is -2.20. The molecule has 1 aromatic rings. The predicted octanol–water partition coefficient (Wildman–Crippen LogP) is 1.24. The summed E-state index contributed by atoms with van der Waals surface area (Å²) in [6, 6.07) is 5.53. The van der Waals surface area contributed by atoms with Gasteiger partial charge in [0.05, 0.1) is 11.5 Å². The summed E-state index contributed by atoms with van der Waals surface area (Å²) in [7, 11) is 0. The number of nitrogens with zero attached hydrogens (tertiary/aromatic N) is 1. The molecule has 0 saturated carbocycles. The molecule has 7 nitrogen and oxygen atoms in total. The van der Waals surface area contributed by atoms with Crippen LogP contribution < -0.4 is 5.32 Å². The van der Waals surface area contributed by atoms with Gasteiger partial charge in [0.25, 0.3) is 5.69 Å². The highest BCUT2D eigenvalue weighted by atomic mass is 16.6. The van der Waals surface area contributed by atoms with Gasteiger partial charge in [-0.15, -0.1) is 0 Å². The van der Waals surface area contributed by atoms with Crippen molar-refractivity contribution in [1.82, 2.24) is 5.32 Å². The van der Waals surface area contributed by atoms with Crippen LogP contribution >= 0.6 is 0 Å². The molecule has 1 N–H and O–H groups in total. The van der Waals surface area contributed by atoms with Crippen molar-refractivity contribution in [2.75, 3.05) is 6.61 Å². The Morgan fingerprint density at radius 1 is 1.42 bits per heavy atom. The Morgan fingerprint density at radius 3 is 2.53 bits per heavy atom. The van der Waals surface area contributed by atoms with Crippen molar-refractivity contribution in [2.24, 2.45) is 0 Å². The Hall–Kier alpha value is -2.70. The Labute approximate surface area is 109 Å². The molecule has 0 aromatic heterocycles. The SMILES string of the molecule is CCOC(=O)/C(=C/c1ccc([N+](=O)[O-])cc1)NC=O. The van der Waals surface area contributed by atoms with E-state index in [0.29, 0.717) is 12.0 Å². The highest BCUT2D eigenvalue weighted by molar-refractivity contribution is 5.95. The van der Waals surface area contributed by atoms with Crippen LogP contribution in [-0.2, 0) is 14.3 Å². The Balaban J connectivity index is 2.97. The Morgan fingerprint density at radius 2 is 2.05 bits per heavy atom. The lowest BCUT2D eigenvalue weighted by atomic mass is 10.2. The van der Waals surface area contributed by atoms with E-state index in [9.17, 15) is 19.7 Å². The van der Waals surface area contributed by atoms with Gasteiger partial charge in [-0.3, -0.25) is 14.9 Å². The first-order chi connectivity index (χ1) is 9.08. The minimum atomic E-state index is -0.673. The summed E-state index contributed by atoms with van der Waals surface area (Å²) in [5.74, 6) is -0.673. The smallest absolute Gasteiger partial charge is 0.354 e. The molecule has 1 amide bonds. The molecular weight excluding hydrogens is 252 g/mol. The third-order valence-corrected chi connectivity index (χ3v) is 2.12. The maximum absolute atomic E-state index is 11.5. The zero-order chi connectivity index (χ0) is 14.3. The van der Waals surface area contributed by atoms with E-state index in [1.54, 1.807) is 6.92 Å². The van der Waals surface area contributed by atoms with Crippen molar-refractivity contribution in [2.45, 2.75) is 6.92 Å². The van der Waals surface area contributed by atoms with E-state index in [1.807, 2.05) is 0 Å². The van der Waals surface area contributed by atoms with Crippen LogP contribution in [0, 0.1) is 10.1 Å². The van der Waals surface area contributed by atoms with E-state index in [-0.39, 0.29) is 18.0 Å². The molecule has 0 aliphatic rings. The highest BCUT2D eigenvalue weighted by Crippen LogP contribution is 2.14. The first-order valence-corrected chi connectivity index (χ1v) is 5.42. The largest absolute Gasteiger partial charge is 0.461 e. The Bertz CT molecular complexity index is 507. The minimum Gasteiger partial charge on any atom is -0.461 e. The van der Waals surface area contributed by atoms with Crippen LogP contribution in [-0.4, -0.2) is 23.9 Å². The number of nitro benzene ring substituents is 1. The molecule has 0 fully saturated rings.